The molecule has 0 saturated carbocycles. The van der Waals surface area contributed by atoms with Crippen LogP contribution in [-0.2, 0) is 4.74 Å². The number of ether oxygens (including phenoxy) is 1. The van der Waals surface area contributed by atoms with E-state index in [0.29, 0.717) is 0 Å². The summed E-state index contributed by atoms with van der Waals surface area (Å²) in [7, 11) is 1.71. The Morgan fingerprint density at radius 2 is 1.54 bits per heavy atom. The third-order valence-electron chi connectivity index (χ3n) is 1.96. The van der Waals surface area contributed by atoms with Crippen LogP contribution in [0.1, 0.15) is 34.6 Å². The average molecular weight is 314 g/mol. The Hall–Kier alpha value is 0.700. The highest BCUT2D eigenvalue weighted by atomic mass is 127. The molecule has 0 bridgehead atoms. The summed E-state index contributed by atoms with van der Waals surface area (Å²) in [5, 5.41) is 1.45. The van der Waals surface area contributed by atoms with Crippen LogP contribution in [0.4, 0.5) is 0 Å². The van der Waals surface area contributed by atoms with Crippen LogP contribution in [0.3, 0.4) is 0 Å². The molecule has 0 aromatic heterocycles. The van der Waals surface area contributed by atoms with Crippen molar-refractivity contribution in [1.82, 2.24) is 0 Å². The van der Waals surface area contributed by atoms with E-state index in [2.05, 4.69) is 57.2 Å². The van der Waals surface area contributed by atoms with E-state index in [-0.39, 0.29) is 7.92 Å². The predicted molar refractivity (Wildman–Crippen MR) is 70.9 cm³/mol. The van der Waals surface area contributed by atoms with Crippen LogP contribution in [-0.4, -0.2) is 18.4 Å². The van der Waals surface area contributed by atoms with Crippen molar-refractivity contribution >= 4 is 30.5 Å². The normalized spacial score (nSPS) is 14.0. The second-order valence-electron chi connectivity index (χ2n) is 3.66. The molecule has 0 heterocycles. The van der Waals surface area contributed by atoms with Gasteiger partial charge in [-0.2, -0.15) is 0 Å². The molecule has 0 radical (unpaired) electrons. The summed E-state index contributed by atoms with van der Waals surface area (Å²) < 4.78 is 6.35. The Morgan fingerprint density at radius 3 is 1.77 bits per heavy atom. The van der Waals surface area contributed by atoms with Crippen LogP contribution in [0.25, 0.3) is 0 Å². The van der Waals surface area contributed by atoms with Gasteiger partial charge in [0.1, 0.15) is 0 Å². The maximum Gasteiger partial charge on any atom is 0.159 e. The molecule has 0 N–H and O–H groups in total. The maximum atomic E-state index is 5.28. The Kier molecular flexibility index (Phi) is 6.57. The zero-order chi connectivity index (χ0) is 10.6. The largest absolute Gasteiger partial charge is 0.491 e. The van der Waals surface area contributed by atoms with Gasteiger partial charge in [0.15, 0.2) is 3.77 Å². The second kappa shape index (κ2) is 6.23. The summed E-state index contributed by atoms with van der Waals surface area (Å²) in [5.41, 5.74) is 1.49. The number of methoxy groups -OCH3 is 1. The monoisotopic (exact) mass is 314 g/mol. The molecular formula is C10H20IOP. The van der Waals surface area contributed by atoms with Gasteiger partial charge >= 0.3 is 0 Å². The first-order valence-electron chi connectivity index (χ1n) is 4.60. The molecule has 0 spiro atoms. The van der Waals surface area contributed by atoms with E-state index in [4.69, 9.17) is 4.74 Å². The molecule has 0 aromatic rings. The summed E-state index contributed by atoms with van der Waals surface area (Å²) in [6.45, 7) is 11.4. The van der Waals surface area contributed by atoms with Gasteiger partial charge in [-0.15, -0.1) is 0 Å². The summed E-state index contributed by atoms with van der Waals surface area (Å²) in [5.74, 6) is 0. The Morgan fingerprint density at radius 1 is 1.15 bits per heavy atom. The molecule has 0 aromatic carbocycles. The fourth-order valence-corrected chi connectivity index (χ4v) is 5.49. The van der Waals surface area contributed by atoms with Crippen LogP contribution in [0.5, 0.6) is 0 Å². The molecule has 0 atom stereocenters. The van der Waals surface area contributed by atoms with Gasteiger partial charge in [-0.05, 0) is 46.1 Å². The predicted octanol–water partition coefficient (Wildman–Crippen LogP) is 4.56. The van der Waals surface area contributed by atoms with E-state index in [1.54, 1.807) is 7.11 Å². The van der Waals surface area contributed by atoms with Crippen LogP contribution >= 0.6 is 30.5 Å². The molecule has 13 heavy (non-hydrogen) atoms. The molecule has 0 unspecified atom stereocenters. The second-order valence-corrected chi connectivity index (χ2v) is 8.19. The SMILES string of the molecule is CO/C(I)=C(/C)P(C(C)C)C(C)C. The summed E-state index contributed by atoms with van der Waals surface area (Å²) in [4.78, 5) is 0. The maximum absolute atomic E-state index is 5.28. The molecule has 78 valence electrons. The van der Waals surface area contributed by atoms with E-state index in [1.165, 1.54) is 5.31 Å². The smallest absolute Gasteiger partial charge is 0.159 e. The van der Waals surface area contributed by atoms with Gasteiger partial charge in [-0.1, -0.05) is 35.6 Å². The van der Waals surface area contributed by atoms with Crippen molar-refractivity contribution in [1.29, 1.82) is 0 Å². The Balaban J connectivity index is 4.75. The highest BCUT2D eigenvalue weighted by molar-refractivity contribution is 14.1. The van der Waals surface area contributed by atoms with Gasteiger partial charge in [-0.25, -0.2) is 0 Å². The van der Waals surface area contributed by atoms with Crippen molar-refractivity contribution in [3.63, 3.8) is 0 Å². The van der Waals surface area contributed by atoms with Crippen molar-refractivity contribution in [2.24, 2.45) is 0 Å². The third-order valence-corrected chi connectivity index (χ3v) is 6.84. The van der Waals surface area contributed by atoms with Gasteiger partial charge in [0.2, 0.25) is 0 Å². The van der Waals surface area contributed by atoms with E-state index < -0.39 is 0 Å². The number of hydrogen-bond donors (Lipinski definition) is 0. The van der Waals surface area contributed by atoms with Crippen molar-refractivity contribution in [2.75, 3.05) is 7.11 Å². The third kappa shape index (κ3) is 4.16. The summed E-state index contributed by atoms with van der Waals surface area (Å²) in [6.07, 6.45) is 0. The molecule has 0 aliphatic heterocycles. The van der Waals surface area contributed by atoms with Crippen LogP contribution in [0, 0.1) is 0 Å². The fourth-order valence-electron chi connectivity index (χ4n) is 1.62. The van der Waals surface area contributed by atoms with Gasteiger partial charge < -0.3 is 4.74 Å². The molecular weight excluding hydrogens is 294 g/mol. The summed E-state index contributed by atoms with van der Waals surface area (Å²) in [6, 6.07) is 0. The van der Waals surface area contributed by atoms with Crippen molar-refractivity contribution in [3.8, 4) is 0 Å². The molecule has 0 aliphatic carbocycles. The molecule has 0 fully saturated rings. The number of halogens is 1. The van der Waals surface area contributed by atoms with Crippen LogP contribution < -0.4 is 0 Å². The number of rotatable bonds is 4. The molecule has 1 nitrogen and oxygen atoms in total. The summed E-state index contributed by atoms with van der Waals surface area (Å²) >= 11 is 2.29. The standard InChI is InChI=1S/C10H20IOP/c1-7(2)13(8(3)4)9(5)10(11)12-6/h7-8H,1-6H3/b10-9-. The molecule has 0 aliphatic rings. The average Bonchev–Trinajstić information content (AvgIpc) is 2.01. The van der Waals surface area contributed by atoms with E-state index in [1.807, 2.05) is 0 Å². The van der Waals surface area contributed by atoms with Crippen molar-refractivity contribution in [3.05, 3.63) is 9.08 Å². The minimum absolute atomic E-state index is 0.0380. The van der Waals surface area contributed by atoms with Gasteiger partial charge in [0.05, 0.1) is 7.11 Å². The zero-order valence-corrected chi connectivity index (χ0v) is 12.4. The first-order chi connectivity index (χ1) is 5.91. The lowest BCUT2D eigenvalue weighted by Crippen LogP contribution is -2.05. The highest BCUT2D eigenvalue weighted by Gasteiger charge is 2.20. The topological polar surface area (TPSA) is 9.23 Å². The van der Waals surface area contributed by atoms with Gasteiger partial charge in [0, 0.05) is 0 Å². The van der Waals surface area contributed by atoms with E-state index in [9.17, 15) is 0 Å². The van der Waals surface area contributed by atoms with Crippen LogP contribution in [0.15, 0.2) is 9.08 Å². The first-order valence-corrected chi connectivity index (χ1v) is 7.16. The van der Waals surface area contributed by atoms with E-state index in [0.717, 1.165) is 15.1 Å². The number of hydrogen-bond acceptors (Lipinski definition) is 1. The lowest BCUT2D eigenvalue weighted by atomic mass is 10.5. The Labute approximate surface area is 97.2 Å². The molecule has 3 heteroatoms. The molecule has 0 rings (SSSR count). The highest BCUT2D eigenvalue weighted by Crippen LogP contribution is 2.54. The van der Waals surface area contributed by atoms with E-state index >= 15 is 0 Å². The Bertz CT molecular complexity index is 179. The lowest BCUT2D eigenvalue weighted by molar-refractivity contribution is 0.329. The first kappa shape index (κ1) is 13.7. The molecule has 0 amide bonds. The minimum atomic E-state index is -0.0380. The van der Waals surface area contributed by atoms with Crippen LogP contribution in [0.2, 0.25) is 0 Å². The zero-order valence-electron chi connectivity index (χ0n) is 9.39. The van der Waals surface area contributed by atoms with Gasteiger partial charge in [-0.3, -0.25) is 0 Å². The van der Waals surface area contributed by atoms with Gasteiger partial charge in [0.25, 0.3) is 0 Å². The number of allylic oxidation sites excluding steroid dienone is 1. The van der Waals surface area contributed by atoms with Crippen molar-refractivity contribution < 1.29 is 4.74 Å². The fraction of sp³-hybridized carbons (Fsp3) is 0.800. The lowest BCUT2D eigenvalue weighted by Gasteiger charge is -2.27. The molecule has 0 saturated heterocycles. The quantitative estimate of drug-likeness (QED) is 0.420. The van der Waals surface area contributed by atoms with Crippen molar-refractivity contribution in [2.45, 2.75) is 45.9 Å². The minimum Gasteiger partial charge on any atom is -0.491 e.